The predicted molar refractivity (Wildman–Crippen MR) is 54.9 cm³/mol. The first-order valence-corrected chi connectivity index (χ1v) is 4.59. The normalized spacial score (nSPS) is 10.5. The molecule has 5 nitrogen and oxygen atoms in total. The number of rotatable bonds is 2. The number of carbonyl (C=O) groups is 1. The summed E-state index contributed by atoms with van der Waals surface area (Å²) in [6, 6.07) is 3.02. The number of H-pyrrole nitrogens is 2. The van der Waals surface area contributed by atoms with Crippen molar-refractivity contribution in [3.63, 3.8) is 0 Å². The van der Waals surface area contributed by atoms with Crippen molar-refractivity contribution in [1.82, 2.24) is 9.97 Å². The van der Waals surface area contributed by atoms with Gasteiger partial charge in [-0.2, -0.15) is 0 Å². The van der Waals surface area contributed by atoms with Crippen molar-refractivity contribution in [1.29, 1.82) is 0 Å². The molecule has 0 aliphatic heterocycles. The molecule has 0 saturated heterocycles. The van der Waals surface area contributed by atoms with Crippen LogP contribution in [0, 0.1) is 0 Å². The first-order valence-electron chi connectivity index (χ1n) is 4.59. The number of aromatic amines is 2. The van der Waals surface area contributed by atoms with Gasteiger partial charge in [0.1, 0.15) is 5.69 Å². The average Bonchev–Trinajstić information content (AvgIpc) is 2.60. The van der Waals surface area contributed by atoms with Crippen LogP contribution in [-0.4, -0.2) is 22.5 Å². The van der Waals surface area contributed by atoms with Crippen molar-refractivity contribution < 1.29 is 9.53 Å². The maximum absolute atomic E-state index is 11.4. The highest BCUT2D eigenvalue weighted by Crippen LogP contribution is 2.12. The van der Waals surface area contributed by atoms with E-state index in [0.29, 0.717) is 23.2 Å². The highest BCUT2D eigenvalue weighted by molar-refractivity contribution is 5.94. The molecule has 2 N–H and O–H groups in total. The van der Waals surface area contributed by atoms with Crippen LogP contribution in [0.25, 0.3) is 10.9 Å². The molecule has 2 heterocycles. The van der Waals surface area contributed by atoms with Crippen LogP contribution in [0.4, 0.5) is 0 Å². The van der Waals surface area contributed by atoms with Gasteiger partial charge in [-0.25, -0.2) is 4.79 Å². The molecule has 0 saturated carbocycles. The largest absolute Gasteiger partial charge is 0.461 e. The summed E-state index contributed by atoms with van der Waals surface area (Å²) in [6.07, 6.45) is 1.53. The van der Waals surface area contributed by atoms with E-state index in [9.17, 15) is 9.59 Å². The van der Waals surface area contributed by atoms with Gasteiger partial charge in [-0.1, -0.05) is 0 Å². The molecule has 0 unspecified atom stereocenters. The molecule has 0 aliphatic carbocycles. The van der Waals surface area contributed by atoms with E-state index in [1.54, 1.807) is 13.0 Å². The van der Waals surface area contributed by atoms with Gasteiger partial charge in [0, 0.05) is 17.6 Å². The van der Waals surface area contributed by atoms with Gasteiger partial charge in [-0.3, -0.25) is 4.79 Å². The van der Waals surface area contributed by atoms with Crippen molar-refractivity contribution in [2.24, 2.45) is 0 Å². The Morgan fingerprint density at radius 1 is 1.47 bits per heavy atom. The van der Waals surface area contributed by atoms with Crippen LogP contribution in [-0.2, 0) is 4.74 Å². The first kappa shape index (κ1) is 9.51. The van der Waals surface area contributed by atoms with Crippen molar-refractivity contribution in [2.75, 3.05) is 6.61 Å². The summed E-state index contributed by atoms with van der Waals surface area (Å²) in [6.45, 7) is 2.07. The lowest BCUT2D eigenvalue weighted by atomic mass is 10.3. The van der Waals surface area contributed by atoms with Gasteiger partial charge in [0.05, 0.1) is 12.1 Å². The lowest BCUT2D eigenvalue weighted by Gasteiger charge is -1.96. The number of nitrogens with one attached hydrogen (secondary N) is 2. The van der Waals surface area contributed by atoms with Gasteiger partial charge in [-0.15, -0.1) is 0 Å². The third-order valence-electron chi connectivity index (χ3n) is 2.02. The summed E-state index contributed by atoms with van der Waals surface area (Å²) in [5, 5.41) is 0.696. The Bertz CT molecular complexity index is 553. The summed E-state index contributed by atoms with van der Waals surface area (Å²) in [5.41, 5.74) is 0.861. The third kappa shape index (κ3) is 1.76. The molecule has 0 bridgehead atoms. The molecule has 0 radical (unpaired) electrons. The third-order valence-corrected chi connectivity index (χ3v) is 2.02. The van der Waals surface area contributed by atoms with Gasteiger partial charge >= 0.3 is 5.97 Å². The Kier molecular flexibility index (Phi) is 2.29. The summed E-state index contributed by atoms with van der Waals surface area (Å²) in [5.74, 6) is -0.416. The van der Waals surface area contributed by atoms with Crippen LogP contribution in [0.1, 0.15) is 17.4 Å². The summed E-state index contributed by atoms with van der Waals surface area (Å²) in [4.78, 5) is 27.7. The van der Waals surface area contributed by atoms with Crippen LogP contribution in [0.2, 0.25) is 0 Å². The lowest BCUT2D eigenvalue weighted by Crippen LogP contribution is -2.04. The van der Waals surface area contributed by atoms with E-state index in [1.807, 2.05) is 0 Å². The van der Waals surface area contributed by atoms with Crippen LogP contribution in [0.15, 0.2) is 23.1 Å². The number of ether oxygens (including phenoxy) is 1. The topological polar surface area (TPSA) is 75.0 Å². The van der Waals surface area contributed by atoms with E-state index in [-0.39, 0.29) is 5.56 Å². The molecular weight excluding hydrogens is 196 g/mol. The maximum atomic E-state index is 11.4. The molecule has 5 heteroatoms. The summed E-state index contributed by atoms with van der Waals surface area (Å²) < 4.78 is 4.83. The highest BCUT2D eigenvalue weighted by atomic mass is 16.5. The zero-order valence-corrected chi connectivity index (χ0v) is 8.16. The fourth-order valence-electron chi connectivity index (χ4n) is 1.37. The van der Waals surface area contributed by atoms with Crippen molar-refractivity contribution in [2.45, 2.75) is 6.92 Å². The second-order valence-corrected chi connectivity index (χ2v) is 3.07. The van der Waals surface area contributed by atoms with E-state index >= 15 is 0 Å². The summed E-state index contributed by atoms with van der Waals surface area (Å²) in [7, 11) is 0. The SMILES string of the molecule is CCOC(=O)c1cc2cc(=O)[nH]cc2[nH]1. The molecule has 15 heavy (non-hydrogen) atoms. The molecule has 0 fully saturated rings. The zero-order valence-electron chi connectivity index (χ0n) is 8.16. The predicted octanol–water partition coefficient (Wildman–Crippen LogP) is 1.03. The van der Waals surface area contributed by atoms with Crippen molar-refractivity contribution in [3.05, 3.63) is 34.4 Å². The van der Waals surface area contributed by atoms with Gasteiger partial charge in [0.2, 0.25) is 5.56 Å². The molecule has 2 rings (SSSR count). The zero-order chi connectivity index (χ0) is 10.8. The standard InChI is InChI=1S/C10H10N2O3/c1-2-15-10(14)7-3-6-4-9(13)11-5-8(6)12-7/h3-5,12H,2H2,1H3,(H,11,13). The molecular formula is C10H10N2O3. The average molecular weight is 206 g/mol. The maximum Gasteiger partial charge on any atom is 0.354 e. The number of fused-ring (bicyclic) bond motifs is 1. The lowest BCUT2D eigenvalue weighted by molar-refractivity contribution is 0.0520. The molecule has 78 valence electrons. The number of pyridine rings is 1. The van der Waals surface area contributed by atoms with Gasteiger partial charge < -0.3 is 14.7 Å². The van der Waals surface area contributed by atoms with Crippen LogP contribution >= 0.6 is 0 Å². The smallest absolute Gasteiger partial charge is 0.354 e. The number of hydrogen-bond donors (Lipinski definition) is 2. The minimum Gasteiger partial charge on any atom is -0.461 e. The Labute approximate surface area is 85.1 Å². The quantitative estimate of drug-likeness (QED) is 0.720. The molecule has 0 aliphatic rings. The molecule has 0 amide bonds. The first-order chi connectivity index (χ1) is 7.20. The van der Waals surface area contributed by atoms with Crippen molar-refractivity contribution >= 4 is 16.9 Å². The van der Waals surface area contributed by atoms with Crippen molar-refractivity contribution in [3.8, 4) is 0 Å². The van der Waals surface area contributed by atoms with E-state index in [4.69, 9.17) is 4.74 Å². The minimum atomic E-state index is -0.416. The molecule has 2 aromatic heterocycles. The van der Waals surface area contributed by atoms with E-state index in [2.05, 4.69) is 9.97 Å². The molecule has 0 aromatic carbocycles. The van der Waals surface area contributed by atoms with Gasteiger partial charge in [0.25, 0.3) is 0 Å². The fraction of sp³-hybridized carbons (Fsp3) is 0.200. The summed E-state index contributed by atoms with van der Waals surface area (Å²) >= 11 is 0. The number of esters is 1. The Hall–Kier alpha value is -2.04. The van der Waals surface area contributed by atoms with Gasteiger partial charge in [0.15, 0.2) is 0 Å². The Morgan fingerprint density at radius 3 is 3.00 bits per heavy atom. The van der Waals surface area contributed by atoms with E-state index in [0.717, 1.165) is 0 Å². The van der Waals surface area contributed by atoms with Gasteiger partial charge in [-0.05, 0) is 13.0 Å². The second kappa shape index (κ2) is 3.61. The van der Waals surface area contributed by atoms with E-state index in [1.165, 1.54) is 12.3 Å². The number of aromatic nitrogens is 2. The number of carbonyl (C=O) groups excluding carboxylic acids is 1. The minimum absolute atomic E-state index is 0.197. The molecule has 2 aromatic rings. The monoisotopic (exact) mass is 206 g/mol. The van der Waals surface area contributed by atoms with Crippen LogP contribution < -0.4 is 5.56 Å². The Morgan fingerprint density at radius 2 is 2.27 bits per heavy atom. The van der Waals surface area contributed by atoms with Crippen LogP contribution in [0.3, 0.4) is 0 Å². The molecule has 0 spiro atoms. The fourth-order valence-corrected chi connectivity index (χ4v) is 1.37. The highest BCUT2D eigenvalue weighted by Gasteiger charge is 2.09. The number of hydrogen-bond acceptors (Lipinski definition) is 3. The molecule has 0 atom stereocenters. The van der Waals surface area contributed by atoms with E-state index < -0.39 is 5.97 Å². The van der Waals surface area contributed by atoms with Crippen LogP contribution in [0.5, 0.6) is 0 Å². The second-order valence-electron chi connectivity index (χ2n) is 3.07. The Balaban J connectivity index is 2.47.